The first-order valence-corrected chi connectivity index (χ1v) is 3.81. The molecule has 0 aromatic carbocycles. The van der Waals surface area contributed by atoms with Gasteiger partial charge in [-0.15, -0.1) is 0 Å². The van der Waals surface area contributed by atoms with Crippen molar-refractivity contribution >= 4 is 19.2 Å². The van der Waals surface area contributed by atoms with Gasteiger partial charge in [0, 0.05) is 0 Å². The van der Waals surface area contributed by atoms with Crippen LogP contribution in [0.4, 0.5) is 0 Å². The van der Waals surface area contributed by atoms with E-state index in [1.165, 1.54) is 11.5 Å². The molecular formula is C4H9BNOS. The van der Waals surface area contributed by atoms with Crippen molar-refractivity contribution < 1.29 is 4.65 Å². The van der Waals surface area contributed by atoms with Gasteiger partial charge in [0.15, 0.2) is 0 Å². The number of thioether (sulfide) groups is 1. The fraction of sp³-hybridized carbons (Fsp3) is 1.00. The Morgan fingerprint density at radius 3 is 2.88 bits per heavy atom. The van der Waals surface area contributed by atoms with Gasteiger partial charge in [-0.05, 0) is 17.3 Å². The topological polar surface area (TPSA) is 35.2 Å². The second kappa shape index (κ2) is 3.38. The van der Waals surface area contributed by atoms with E-state index in [9.17, 15) is 0 Å². The Morgan fingerprint density at radius 2 is 2.50 bits per heavy atom. The number of hydrogen-bond donors (Lipinski definition) is 1. The molecule has 8 heavy (non-hydrogen) atoms. The maximum atomic E-state index is 5.10. The Morgan fingerprint density at radius 1 is 1.75 bits per heavy atom. The summed E-state index contributed by atoms with van der Waals surface area (Å²) in [5, 5.41) is 0. The molecule has 45 valence electrons. The van der Waals surface area contributed by atoms with Gasteiger partial charge >= 0.3 is 0 Å². The third-order valence-electron chi connectivity index (χ3n) is 1.05. The molecule has 1 saturated heterocycles. The first-order valence-electron chi connectivity index (χ1n) is 2.66. The highest BCUT2D eigenvalue weighted by atomic mass is 32.2. The van der Waals surface area contributed by atoms with Crippen molar-refractivity contribution in [2.24, 2.45) is 5.73 Å². The van der Waals surface area contributed by atoms with Gasteiger partial charge in [0.25, 0.3) is 7.48 Å². The Hall–Kier alpha value is 0.335. The van der Waals surface area contributed by atoms with Crippen molar-refractivity contribution in [3.05, 3.63) is 0 Å². The van der Waals surface area contributed by atoms with Crippen LogP contribution in [0.1, 0.15) is 0 Å². The minimum atomic E-state index is 0.321. The fourth-order valence-corrected chi connectivity index (χ4v) is 1.19. The lowest BCUT2D eigenvalue weighted by atomic mass is 9.83. The van der Waals surface area contributed by atoms with Crippen molar-refractivity contribution in [2.45, 2.75) is 5.82 Å². The van der Waals surface area contributed by atoms with Crippen LogP contribution in [0.5, 0.6) is 0 Å². The first kappa shape index (κ1) is 6.45. The molecule has 0 aliphatic carbocycles. The summed E-state index contributed by atoms with van der Waals surface area (Å²) in [4.78, 5) is 0. The van der Waals surface area contributed by atoms with E-state index in [4.69, 9.17) is 10.4 Å². The molecular weight excluding hydrogens is 121 g/mol. The Balaban J connectivity index is 1.86. The molecule has 2 nitrogen and oxygen atoms in total. The van der Waals surface area contributed by atoms with Crippen molar-refractivity contribution in [3.8, 4) is 0 Å². The summed E-state index contributed by atoms with van der Waals surface area (Å²) < 4.78 is 4.88. The van der Waals surface area contributed by atoms with Crippen LogP contribution in [0, 0.1) is 0 Å². The zero-order chi connectivity index (χ0) is 5.82. The van der Waals surface area contributed by atoms with Crippen molar-refractivity contribution in [1.29, 1.82) is 0 Å². The fourth-order valence-electron chi connectivity index (χ4n) is 0.524. The monoisotopic (exact) mass is 130 g/mol. The van der Waals surface area contributed by atoms with E-state index in [0.29, 0.717) is 12.5 Å². The quantitative estimate of drug-likeness (QED) is 0.433. The molecule has 1 aliphatic rings. The molecule has 0 atom stereocenters. The average Bonchev–Trinajstić information content (AvgIpc) is 1.63. The SMILES string of the molecule is NCO[B]C1CSC1. The van der Waals surface area contributed by atoms with Crippen LogP contribution in [0.15, 0.2) is 0 Å². The molecule has 0 aromatic rings. The molecule has 0 bridgehead atoms. The molecule has 1 radical (unpaired) electrons. The number of rotatable bonds is 3. The summed E-state index contributed by atoms with van der Waals surface area (Å²) >= 11 is 1.94. The molecule has 1 fully saturated rings. The summed E-state index contributed by atoms with van der Waals surface area (Å²) in [5.74, 6) is 3.09. The minimum Gasteiger partial charge on any atom is -0.428 e. The van der Waals surface area contributed by atoms with Crippen LogP contribution in [0.2, 0.25) is 5.82 Å². The maximum absolute atomic E-state index is 5.10. The molecule has 0 saturated carbocycles. The second-order valence-electron chi connectivity index (χ2n) is 1.77. The summed E-state index contributed by atoms with van der Waals surface area (Å²) in [6, 6.07) is 0. The van der Waals surface area contributed by atoms with Crippen LogP contribution in [-0.2, 0) is 4.65 Å². The third-order valence-corrected chi connectivity index (χ3v) is 2.38. The standard InChI is InChI=1S/C4H9BNOS/c6-3-7-5-4-1-8-2-4/h4H,1-3,6H2. The summed E-state index contributed by atoms with van der Waals surface area (Å²) in [6.45, 7) is 0.321. The first-order chi connectivity index (χ1) is 3.93. The Labute approximate surface area is 54.4 Å². The molecule has 1 rings (SSSR count). The maximum Gasteiger partial charge on any atom is 0.299 e. The zero-order valence-corrected chi connectivity index (χ0v) is 5.49. The van der Waals surface area contributed by atoms with E-state index in [1.807, 2.05) is 19.2 Å². The third kappa shape index (κ3) is 1.69. The van der Waals surface area contributed by atoms with Crippen molar-refractivity contribution in [2.75, 3.05) is 18.2 Å². The van der Waals surface area contributed by atoms with Crippen LogP contribution in [0.25, 0.3) is 0 Å². The van der Waals surface area contributed by atoms with Gasteiger partial charge in [-0.3, -0.25) is 0 Å². The molecule has 0 spiro atoms. The van der Waals surface area contributed by atoms with E-state index in [0.717, 1.165) is 0 Å². The van der Waals surface area contributed by atoms with Gasteiger partial charge in [0.2, 0.25) is 0 Å². The molecule has 1 aliphatic heterocycles. The van der Waals surface area contributed by atoms with E-state index >= 15 is 0 Å². The lowest BCUT2D eigenvalue weighted by Gasteiger charge is -2.22. The lowest BCUT2D eigenvalue weighted by Crippen LogP contribution is -2.22. The predicted octanol–water partition coefficient (Wildman–Crippen LogP) is 0.0737. The normalized spacial score (nSPS) is 20.1. The van der Waals surface area contributed by atoms with E-state index in [1.54, 1.807) is 0 Å². The van der Waals surface area contributed by atoms with Gasteiger partial charge in [0.05, 0.1) is 6.73 Å². The van der Waals surface area contributed by atoms with Gasteiger partial charge in [-0.1, -0.05) is 0 Å². The molecule has 2 N–H and O–H groups in total. The average molecular weight is 130 g/mol. The molecule has 0 unspecified atom stereocenters. The minimum absolute atomic E-state index is 0.321. The highest BCUT2D eigenvalue weighted by Gasteiger charge is 2.19. The summed E-state index contributed by atoms with van der Waals surface area (Å²) in [5.41, 5.74) is 5.10. The van der Waals surface area contributed by atoms with E-state index < -0.39 is 0 Å². The Bertz CT molecular complexity index is 69.1. The largest absolute Gasteiger partial charge is 0.428 e. The van der Waals surface area contributed by atoms with Crippen molar-refractivity contribution in [1.82, 2.24) is 0 Å². The smallest absolute Gasteiger partial charge is 0.299 e. The number of nitrogens with two attached hydrogens (primary N) is 1. The van der Waals surface area contributed by atoms with Gasteiger partial charge in [0.1, 0.15) is 0 Å². The molecule has 4 heteroatoms. The summed E-state index contributed by atoms with van der Waals surface area (Å²) in [7, 11) is 1.84. The summed E-state index contributed by atoms with van der Waals surface area (Å²) in [6.07, 6.45) is 0. The van der Waals surface area contributed by atoms with E-state index in [-0.39, 0.29) is 0 Å². The van der Waals surface area contributed by atoms with Crippen LogP contribution >= 0.6 is 11.8 Å². The van der Waals surface area contributed by atoms with Crippen LogP contribution in [-0.4, -0.2) is 25.7 Å². The van der Waals surface area contributed by atoms with Crippen molar-refractivity contribution in [3.63, 3.8) is 0 Å². The van der Waals surface area contributed by atoms with Gasteiger partial charge in [-0.2, -0.15) is 11.8 Å². The highest BCUT2D eigenvalue weighted by Crippen LogP contribution is 2.28. The second-order valence-corrected chi connectivity index (χ2v) is 2.84. The van der Waals surface area contributed by atoms with E-state index in [2.05, 4.69) is 0 Å². The van der Waals surface area contributed by atoms with Crippen LogP contribution in [0.3, 0.4) is 0 Å². The highest BCUT2D eigenvalue weighted by molar-refractivity contribution is 8.00. The van der Waals surface area contributed by atoms with Gasteiger partial charge in [-0.25, -0.2) is 0 Å². The number of hydrogen-bond acceptors (Lipinski definition) is 3. The van der Waals surface area contributed by atoms with Crippen LogP contribution < -0.4 is 5.73 Å². The lowest BCUT2D eigenvalue weighted by molar-refractivity contribution is 0.344. The predicted molar refractivity (Wildman–Crippen MR) is 37.0 cm³/mol. The zero-order valence-electron chi connectivity index (χ0n) is 4.67. The molecule has 1 heterocycles. The molecule has 0 amide bonds. The molecule has 0 aromatic heterocycles. The van der Waals surface area contributed by atoms with Gasteiger partial charge < -0.3 is 10.4 Å². The Kier molecular flexibility index (Phi) is 2.73.